The van der Waals surface area contributed by atoms with E-state index in [4.69, 9.17) is 9.47 Å². The second-order valence-electron chi connectivity index (χ2n) is 9.35. The minimum atomic E-state index is -0.516. The van der Waals surface area contributed by atoms with Crippen molar-refractivity contribution in [2.24, 2.45) is 0 Å². The van der Waals surface area contributed by atoms with Crippen molar-refractivity contribution in [2.45, 2.75) is 52.6 Å². The van der Waals surface area contributed by atoms with Gasteiger partial charge < -0.3 is 24.3 Å². The van der Waals surface area contributed by atoms with E-state index in [0.717, 1.165) is 57.7 Å². The standard InChI is InChI=1S/C27H32N4O4/c1-4-34-26(32)24-7-5-6-10-31(24)27(33)30-11-12-35-25-17(2)13-20(14-21(25)16-30)19-8-9-22-23(15-19)29-18(3)28-22/h8-9,13-15,24H,4-7,10-12,16H2,1-3H3,(H,28,29). The van der Waals surface area contributed by atoms with E-state index in [-0.39, 0.29) is 12.0 Å². The number of ether oxygens (including phenoxy) is 2. The van der Waals surface area contributed by atoms with Gasteiger partial charge in [-0.3, -0.25) is 0 Å². The molecule has 5 rings (SSSR count). The van der Waals surface area contributed by atoms with Gasteiger partial charge in [-0.1, -0.05) is 6.07 Å². The molecule has 2 aromatic carbocycles. The fourth-order valence-corrected chi connectivity index (χ4v) is 5.19. The van der Waals surface area contributed by atoms with Gasteiger partial charge in [0.25, 0.3) is 0 Å². The van der Waals surface area contributed by atoms with Crippen LogP contribution in [0.25, 0.3) is 22.2 Å². The molecule has 1 aromatic heterocycles. The number of rotatable bonds is 3. The molecular formula is C27H32N4O4. The van der Waals surface area contributed by atoms with Crippen LogP contribution >= 0.6 is 0 Å². The van der Waals surface area contributed by atoms with Crippen molar-refractivity contribution in [1.29, 1.82) is 0 Å². The monoisotopic (exact) mass is 476 g/mol. The van der Waals surface area contributed by atoms with Crippen LogP contribution in [0.4, 0.5) is 4.79 Å². The molecule has 0 spiro atoms. The average Bonchev–Trinajstić information content (AvgIpc) is 3.09. The maximum absolute atomic E-state index is 13.6. The highest BCUT2D eigenvalue weighted by molar-refractivity contribution is 5.85. The molecular weight excluding hydrogens is 444 g/mol. The van der Waals surface area contributed by atoms with E-state index >= 15 is 0 Å². The zero-order chi connectivity index (χ0) is 24.5. The highest BCUT2D eigenvalue weighted by Gasteiger charge is 2.36. The van der Waals surface area contributed by atoms with Crippen LogP contribution in [0.2, 0.25) is 0 Å². The lowest BCUT2D eigenvalue weighted by Crippen LogP contribution is -2.53. The van der Waals surface area contributed by atoms with Crippen molar-refractivity contribution < 1.29 is 19.1 Å². The molecule has 8 nitrogen and oxygen atoms in total. The number of hydrogen-bond acceptors (Lipinski definition) is 5. The van der Waals surface area contributed by atoms with Crippen LogP contribution in [-0.4, -0.2) is 64.1 Å². The van der Waals surface area contributed by atoms with Gasteiger partial charge in [0.15, 0.2) is 0 Å². The Bertz CT molecular complexity index is 1270. The molecule has 8 heteroatoms. The van der Waals surface area contributed by atoms with Gasteiger partial charge in [-0.05, 0) is 81.0 Å². The average molecular weight is 477 g/mol. The Morgan fingerprint density at radius 2 is 2.00 bits per heavy atom. The number of fused-ring (bicyclic) bond motifs is 2. The molecule has 2 aliphatic rings. The maximum atomic E-state index is 13.6. The number of imidazole rings is 1. The smallest absolute Gasteiger partial charge is 0.328 e. The number of piperidine rings is 1. The summed E-state index contributed by atoms with van der Waals surface area (Å²) < 4.78 is 11.4. The first-order valence-electron chi connectivity index (χ1n) is 12.4. The molecule has 1 N–H and O–H groups in total. The fourth-order valence-electron chi connectivity index (χ4n) is 5.19. The molecule has 2 amide bonds. The van der Waals surface area contributed by atoms with E-state index < -0.39 is 6.04 Å². The maximum Gasteiger partial charge on any atom is 0.328 e. The van der Waals surface area contributed by atoms with Gasteiger partial charge in [0.2, 0.25) is 0 Å². The molecule has 1 atom stereocenters. The van der Waals surface area contributed by atoms with Crippen LogP contribution in [0.15, 0.2) is 30.3 Å². The molecule has 3 heterocycles. The number of aromatic nitrogens is 2. The molecule has 3 aromatic rings. The van der Waals surface area contributed by atoms with E-state index in [2.05, 4.69) is 34.2 Å². The number of carbonyl (C=O) groups is 2. The van der Waals surface area contributed by atoms with Crippen LogP contribution < -0.4 is 4.74 Å². The Hall–Kier alpha value is -3.55. The number of H-pyrrole nitrogens is 1. The first kappa shape index (κ1) is 23.2. The van der Waals surface area contributed by atoms with Gasteiger partial charge in [-0.2, -0.15) is 0 Å². The summed E-state index contributed by atoms with van der Waals surface area (Å²) in [7, 11) is 0. The Kier molecular flexibility index (Phi) is 6.36. The number of nitrogens with one attached hydrogen (secondary N) is 1. The van der Waals surface area contributed by atoms with Crippen molar-refractivity contribution in [2.75, 3.05) is 26.3 Å². The summed E-state index contributed by atoms with van der Waals surface area (Å²) in [5, 5.41) is 0. The van der Waals surface area contributed by atoms with Gasteiger partial charge in [0.1, 0.15) is 24.2 Å². The van der Waals surface area contributed by atoms with Crippen LogP contribution in [0.3, 0.4) is 0 Å². The molecule has 1 fully saturated rings. The van der Waals surface area contributed by atoms with Crippen LogP contribution in [0.5, 0.6) is 5.75 Å². The van der Waals surface area contributed by atoms with E-state index in [9.17, 15) is 9.59 Å². The summed E-state index contributed by atoms with van der Waals surface area (Å²) in [5.74, 6) is 1.41. The van der Waals surface area contributed by atoms with Gasteiger partial charge in [-0.25, -0.2) is 14.6 Å². The highest BCUT2D eigenvalue weighted by atomic mass is 16.5. The van der Waals surface area contributed by atoms with Crippen molar-refractivity contribution in [3.8, 4) is 16.9 Å². The largest absolute Gasteiger partial charge is 0.491 e. The summed E-state index contributed by atoms with van der Waals surface area (Å²) in [6, 6.07) is 9.79. The number of amides is 2. The van der Waals surface area contributed by atoms with Gasteiger partial charge in [-0.15, -0.1) is 0 Å². The quantitative estimate of drug-likeness (QED) is 0.559. The summed E-state index contributed by atoms with van der Waals surface area (Å²) >= 11 is 0. The fraction of sp³-hybridized carbons (Fsp3) is 0.444. The third-order valence-corrected chi connectivity index (χ3v) is 6.83. The molecule has 184 valence electrons. The molecule has 0 saturated carbocycles. The SMILES string of the molecule is CCOC(=O)C1CCCCN1C(=O)N1CCOc2c(C)cc(-c3ccc4nc(C)[nH]c4c3)cc2C1. The van der Waals surface area contributed by atoms with Gasteiger partial charge in [0.05, 0.1) is 30.7 Å². The van der Waals surface area contributed by atoms with Gasteiger partial charge in [0, 0.05) is 12.1 Å². The molecule has 35 heavy (non-hydrogen) atoms. The third kappa shape index (κ3) is 4.57. The number of urea groups is 1. The second-order valence-corrected chi connectivity index (χ2v) is 9.35. The molecule has 1 unspecified atom stereocenters. The normalized spacial score (nSPS) is 18.1. The molecule has 1 saturated heterocycles. The summed E-state index contributed by atoms with van der Waals surface area (Å²) in [4.78, 5) is 37.4. The zero-order valence-corrected chi connectivity index (χ0v) is 20.6. The topological polar surface area (TPSA) is 87.8 Å². The number of aromatic amines is 1. The van der Waals surface area contributed by atoms with Crippen LogP contribution in [0, 0.1) is 13.8 Å². The minimum Gasteiger partial charge on any atom is -0.491 e. The molecule has 0 aliphatic carbocycles. The van der Waals surface area contributed by atoms with Crippen molar-refractivity contribution in [3.05, 3.63) is 47.3 Å². The number of hydrogen-bond donors (Lipinski definition) is 1. The van der Waals surface area contributed by atoms with Crippen molar-refractivity contribution in [3.63, 3.8) is 0 Å². The first-order chi connectivity index (χ1) is 16.9. The first-order valence-corrected chi connectivity index (χ1v) is 12.4. The number of likely N-dealkylation sites (tertiary alicyclic amines) is 1. The third-order valence-electron chi connectivity index (χ3n) is 6.83. The van der Waals surface area contributed by atoms with E-state index in [1.54, 1.807) is 16.7 Å². The van der Waals surface area contributed by atoms with Crippen molar-refractivity contribution in [1.82, 2.24) is 19.8 Å². The summed E-state index contributed by atoms with van der Waals surface area (Å²) in [6.45, 7) is 7.97. The van der Waals surface area contributed by atoms with E-state index in [1.165, 1.54) is 0 Å². The number of nitrogens with zero attached hydrogens (tertiary/aromatic N) is 3. The number of carbonyl (C=O) groups excluding carboxylic acids is 2. The number of esters is 1. The highest BCUT2D eigenvalue weighted by Crippen LogP contribution is 2.34. The minimum absolute atomic E-state index is 0.128. The Morgan fingerprint density at radius 3 is 2.83 bits per heavy atom. The van der Waals surface area contributed by atoms with Gasteiger partial charge >= 0.3 is 12.0 Å². The Balaban J connectivity index is 1.43. The van der Waals surface area contributed by atoms with E-state index in [0.29, 0.717) is 39.3 Å². The molecule has 2 aliphatic heterocycles. The summed E-state index contributed by atoms with van der Waals surface area (Å²) in [5.41, 5.74) is 6.08. The Labute approximate surface area is 205 Å². The van der Waals surface area contributed by atoms with Crippen molar-refractivity contribution >= 4 is 23.0 Å². The summed E-state index contributed by atoms with van der Waals surface area (Å²) in [6.07, 6.45) is 2.45. The Morgan fingerprint density at radius 1 is 1.14 bits per heavy atom. The lowest BCUT2D eigenvalue weighted by atomic mass is 9.98. The molecule has 0 bridgehead atoms. The van der Waals surface area contributed by atoms with E-state index in [1.807, 2.05) is 19.9 Å². The number of aryl methyl sites for hydroxylation is 2. The number of benzene rings is 2. The zero-order valence-electron chi connectivity index (χ0n) is 20.6. The predicted octanol–water partition coefficient (Wildman–Crippen LogP) is 4.58. The lowest BCUT2D eigenvalue weighted by molar-refractivity contribution is -0.149. The van der Waals surface area contributed by atoms with Crippen LogP contribution in [0.1, 0.15) is 43.1 Å². The predicted molar refractivity (Wildman–Crippen MR) is 133 cm³/mol. The van der Waals surface area contributed by atoms with Crippen LogP contribution in [-0.2, 0) is 16.1 Å². The lowest BCUT2D eigenvalue weighted by Gasteiger charge is -2.37. The second kappa shape index (κ2) is 9.60. The molecule has 0 radical (unpaired) electrons.